The minimum absolute atomic E-state index is 0.0891. The maximum Gasteiger partial charge on any atom is 0.337 e. The maximum atomic E-state index is 13.7. The summed E-state index contributed by atoms with van der Waals surface area (Å²) in [5.41, 5.74) is 0.582. The molecule has 0 heterocycles. The van der Waals surface area contributed by atoms with Crippen LogP contribution in [0.25, 0.3) is 0 Å². The number of esters is 1. The Hall–Kier alpha value is -2.76. The van der Waals surface area contributed by atoms with Crippen molar-refractivity contribution in [2.24, 2.45) is 0 Å². The second-order valence-electron chi connectivity index (χ2n) is 5.18. The lowest BCUT2D eigenvalue weighted by atomic mass is 10.1. The third-order valence-electron chi connectivity index (χ3n) is 3.47. The fourth-order valence-electron chi connectivity index (χ4n) is 2.22. The first-order valence-electron chi connectivity index (χ1n) is 7.42. The number of hydrogen-bond donors (Lipinski definition) is 1. The van der Waals surface area contributed by atoms with E-state index in [1.54, 1.807) is 18.2 Å². The van der Waals surface area contributed by atoms with E-state index in [0.717, 1.165) is 6.07 Å². The van der Waals surface area contributed by atoms with Crippen molar-refractivity contribution >= 4 is 17.6 Å². The molecule has 0 spiro atoms. The van der Waals surface area contributed by atoms with Crippen LogP contribution < -0.4 is 5.32 Å². The summed E-state index contributed by atoms with van der Waals surface area (Å²) >= 11 is 0. The quantitative estimate of drug-likeness (QED) is 0.820. The number of nitrogens with one attached hydrogen (secondary N) is 1. The minimum Gasteiger partial charge on any atom is -0.465 e. The number of benzene rings is 2. The summed E-state index contributed by atoms with van der Waals surface area (Å²) in [5, 5.41) is 2.41. The Morgan fingerprint density at radius 2 is 1.83 bits per heavy atom. The summed E-state index contributed by atoms with van der Waals surface area (Å²) in [6.45, 7) is 0. The second-order valence-corrected chi connectivity index (χ2v) is 5.18. The van der Waals surface area contributed by atoms with Gasteiger partial charge in [-0.2, -0.15) is 0 Å². The van der Waals surface area contributed by atoms with E-state index in [-0.39, 0.29) is 23.5 Å². The fraction of sp³-hybridized carbons (Fsp3) is 0.222. The molecule has 0 atom stereocenters. The summed E-state index contributed by atoms with van der Waals surface area (Å²) < 4.78 is 31.7. The molecule has 6 heteroatoms. The number of ether oxygens (including phenoxy) is 1. The van der Waals surface area contributed by atoms with Gasteiger partial charge >= 0.3 is 5.97 Å². The molecule has 0 aliphatic carbocycles. The summed E-state index contributed by atoms with van der Waals surface area (Å²) in [5.74, 6) is -1.99. The van der Waals surface area contributed by atoms with Gasteiger partial charge < -0.3 is 10.1 Å². The number of methoxy groups -OCH3 is 1. The SMILES string of the molecule is COC(=O)c1ccc(F)c(NC(=O)CCCc2ccccc2F)c1. The van der Waals surface area contributed by atoms with E-state index in [1.807, 2.05) is 0 Å². The van der Waals surface area contributed by atoms with Crippen molar-refractivity contribution in [1.29, 1.82) is 0 Å². The summed E-state index contributed by atoms with van der Waals surface area (Å²) in [6, 6.07) is 9.93. The number of rotatable bonds is 6. The van der Waals surface area contributed by atoms with Crippen molar-refractivity contribution in [3.63, 3.8) is 0 Å². The molecule has 0 aliphatic rings. The molecule has 24 heavy (non-hydrogen) atoms. The number of aryl methyl sites for hydroxylation is 1. The highest BCUT2D eigenvalue weighted by atomic mass is 19.1. The highest BCUT2D eigenvalue weighted by Gasteiger charge is 2.12. The van der Waals surface area contributed by atoms with Crippen LogP contribution in [0.3, 0.4) is 0 Å². The highest BCUT2D eigenvalue weighted by Crippen LogP contribution is 2.18. The first kappa shape index (κ1) is 17.6. The lowest BCUT2D eigenvalue weighted by Crippen LogP contribution is -2.14. The van der Waals surface area contributed by atoms with Gasteiger partial charge in [0.05, 0.1) is 18.4 Å². The average molecular weight is 333 g/mol. The number of carbonyl (C=O) groups is 2. The summed E-state index contributed by atoms with van der Waals surface area (Å²) in [7, 11) is 1.21. The van der Waals surface area contributed by atoms with Gasteiger partial charge in [0.25, 0.3) is 0 Å². The molecular formula is C18H17F2NO3. The molecular weight excluding hydrogens is 316 g/mol. The zero-order chi connectivity index (χ0) is 17.5. The molecule has 0 aromatic heterocycles. The van der Waals surface area contributed by atoms with E-state index in [2.05, 4.69) is 10.1 Å². The monoisotopic (exact) mass is 333 g/mol. The van der Waals surface area contributed by atoms with Crippen LogP contribution in [0, 0.1) is 11.6 Å². The number of hydrogen-bond acceptors (Lipinski definition) is 3. The molecule has 0 saturated heterocycles. The standard InChI is InChI=1S/C18H17F2NO3/c1-24-18(23)13-9-10-15(20)16(11-13)21-17(22)8-4-6-12-5-2-3-7-14(12)19/h2-3,5,7,9-11H,4,6,8H2,1H3,(H,21,22). The molecule has 0 bridgehead atoms. The van der Waals surface area contributed by atoms with E-state index in [1.165, 1.54) is 25.3 Å². The summed E-state index contributed by atoms with van der Waals surface area (Å²) in [6.07, 6.45) is 0.937. The van der Waals surface area contributed by atoms with E-state index >= 15 is 0 Å². The van der Waals surface area contributed by atoms with Crippen LogP contribution in [0.1, 0.15) is 28.8 Å². The Balaban J connectivity index is 1.92. The van der Waals surface area contributed by atoms with Gasteiger partial charge in [0.2, 0.25) is 5.91 Å². The van der Waals surface area contributed by atoms with Crippen molar-refractivity contribution in [3.8, 4) is 0 Å². The molecule has 0 radical (unpaired) electrons. The average Bonchev–Trinajstić information content (AvgIpc) is 2.58. The third-order valence-corrected chi connectivity index (χ3v) is 3.47. The van der Waals surface area contributed by atoms with Crippen LogP contribution in [0.2, 0.25) is 0 Å². The smallest absolute Gasteiger partial charge is 0.337 e. The van der Waals surface area contributed by atoms with Gasteiger partial charge in [-0.1, -0.05) is 18.2 Å². The van der Waals surface area contributed by atoms with Crippen LogP contribution in [0.4, 0.5) is 14.5 Å². The molecule has 2 rings (SSSR count). The Labute approximate surface area is 138 Å². The predicted molar refractivity (Wildman–Crippen MR) is 85.7 cm³/mol. The highest BCUT2D eigenvalue weighted by molar-refractivity contribution is 5.94. The third kappa shape index (κ3) is 4.62. The fourth-order valence-corrected chi connectivity index (χ4v) is 2.22. The lowest BCUT2D eigenvalue weighted by molar-refractivity contribution is -0.116. The van der Waals surface area contributed by atoms with Gasteiger partial charge in [-0.3, -0.25) is 4.79 Å². The second kappa shape index (κ2) is 8.19. The van der Waals surface area contributed by atoms with E-state index in [9.17, 15) is 18.4 Å². The lowest BCUT2D eigenvalue weighted by Gasteiger charge is -2.08. The van der Waals surface area contributed by atoms with Gasteiger partial charge in [0.1, 0.15) is 11.6 Å². The zero-order valence-electron chi connectivity index (χ0n) is 13.1. The van der Waals surface area contributed by atoms with Crippen molar-refractivity contribution in [1.82, 2.24) is 0 Å². The number of carbonyl (C=O) groups excluding carboxylic acids is 2. The molecule has 1 N–H and O–H groups in total. The van der Waals surface area contributed by atoms with Crippen molar-refractivity contribution in [2.45, 2.75) is 19.3 Å². The zero-order valence-corrected chi connectivity index (χ0v) is 13.1. The molecule has 0 fully saturated rings. The number of anilines is 1. The van der Waals surface area contributed by atoms with Crippen LogP contribution in [0.5, 0.6) is 0 Å². The maximum absolute atomic E-state index is 13.7. The number of halogens is 2. The first-order chi connectivity index (χ1) is 11.5. The predicted octanol–water partition coefficient (Wildman–Crippen LogP) is 3.71. The van der Waals surface area contributed by atoms with E-state index in [4.69, 9.17) is 0 Å². The largest absolute Gasteiger partial charge is 0.465 e. The van der Waals surface area contributed by atoms with E-state index < -0.39 is 17.7 Å². The van der Waals surface area contributed by atoms with Gasteiger partial charge in [-0.05, 0) is 42.7 Å². The van der Waals surface area contributed by atoms with Gasteiger partial charge in [0.15, 0.2) is 0 Å². The van der Waals surface area contributed by atoms with Gasteiger partial charge in [-0.15, -0.1) is 0 Å². The van der Waals surface area contributed by atoms with E-state index in [0.29, 0.717) is 18.4 Å². The molecule has 1 amide bonds. The minimum atomic E-state index is -0.648. The Kier molecular flexibility index (Phi) is 6.01. The molecule has 4 nitrogen and oxygen atoms in total. The van der Waals surface area contributed by atoms with Crippen LogP contribution in [0.15, 0.2) is 42.5 Å². The molecule has 0 unspecified atom stereocenters. The molecule has 0 aliphatic heterocycles. The Morgan fingerprint density at radius 3 is 2.54 bits per heavy atom. The van der Waals surface area contributed by atoms with Crippen molar-refractivity contribution < 1.29 is 23.1 Å². The van der Waals surface area contributed by atoms with Crippen LogP contribution in [-0.4, -0.2) is 19.0 Å². The molecule has 2 aromatic rings. The normalized spacial score (nSPS) is 10.3. The van der Waals surface area contributed by atoms with Gasteiger partial charge in [-0.25, -0.2) is 13.6 Å². The number of amides is 1. The van der Waals surface area contributed by atoms with Gasteiger partial charge in [0, 0.05) is 6.42 Å². The Morgan fingerprint density at radius 1 is 1.08 bits per heavy atom. The van der Waals surface area contributed by atoms with Crippen molar-refractivity contribution in [3.05, 3.63) is 65.2 Å². The Bertz CT molecular complexity index is 747. The molecule has 2 aromatic carbocycles. The van der Waals surface area contributed by atoms with Crippen LogP contribution >= 0.6 is 0 Å². The molecule has 0 saturated carbocycles. The molecule has 126 valence electrons. The first-order valence-corrected chi connectivity index (χ1v) is 7.42. The van der Waals surface area contributed by atoms with Crippen molar-refractivity contribution in [2.75, 3.05) is 12.4 Å². The topological polar surface area (TPSA) is 55.4 Å². The summed E-state index contributed by atoms with van der Waals surface area (Å²) in [4.78, 5) is 23.3. The van der Waals surface area contributed by atoms with Crippen LogP contribution in [-0.2, 0) is 16.0 Å².